The van der Waals surface area contributed by atoms with Crippen LogP contribution in [0.15, 0.2) is 28.7 Å². The Morgan fingerprint density at radius 1 is 1.36 bits per heavy atom. The fraction of sp³-hybridized carbons (Fsp3) is 0.571. The van der Waals surface area contributed by atoms with Crippen LogP contribution in [-0.2, 0) is 20.5 Å². The highest BCUT2D eigenvalue weighted by molar-refractivity contribution is 9.10. The van der Waals surface area contributed by atoms with Gasteiger partial charge in [-0.05, 0) is 37.1 Å². The minimum atomic E-state index is -3.35. The van der Waals surface area contributed by atoms with Crippen molar-refractivity contribution in [3.05, 3.63) is 34.3 Å². The summed E-state index contributed by atoms with van der Waals surface area (Å²) in [6, 6.07) is 7.30. The van der Waals surface area contributed by atoms with E-state index in [1.165, 1.54) is 0 Å². The zero-order valence-corrected chi connectivity index (χ0v) is 15.7. The number of hydrogen-bond donors (Lipinski definition) is 2. The van der Waals surface area contributed by atoms with Crippen molar-refractivity contribution in [2.75, 3.05) is 26.8 Å². The summed E-state index contributed by atoms with van der Waals surface area (Å²) in [5.74, 6) is -0.0106. The fourth-order valence-electron chi connectivity index (χ4n) is 2.57. The number of methoxy groups -OCH3 is 1. The maximum absolute atomic E-state index is 12.2. The van der Waals surface area contributed by atoms with Crippen molar-refractivity contribution in [2.45, 2.75) is 24.1 Å². The van der Waals surface area contributed by atoms with Gasteiger partial charge in [0.1, 0.15) is 0 Å². The van der Waals surface area contributed by atoms with Gasteiger partial charge in [-0.3, -0.25) is 0 Å². The molecule has 1 aliphatic rings. The minimum absolute atomic E-state index is 0. The van der Waals surface area contributed by atoms with Gasteiger partial charge in [-0.2, -0.15) is 0 Å². The van der Waals surface area contributed by atoms with Crippen molar-refractivity contribution in [1.29, 1.82) is 0 Å². The lowest BCUT2D eigenvalue weighted by atomic mass is 9.99. The van der Waals surface area contributed by atoms with E-state index < -0.39 is 10.0 Å². The number of nitrogens with one attached hydrogen (secondary N) is 2. The predicted molar refractivity (Wildman–Crippen MR) is 93.9 cm³/mol. The van der Waals surface area contributed by atoms with Gasteiger partial charge in [0.2, 0.25) is 10.0 Å². The summed E-state index contributed by atoms with van der Waals surface area (Å²) < 4.78 is 33.3. The first-order valence-corrected chi connectivity index (χ1v) is 9.35. The Bertz CT molecular complexity index is 560. The minimum Gasteiger partial charge on any atom is -0.383 e. The number of ether oxygens (including phenoxy) is 1. The highest BCUT2D eigenvalue weighted by Crippen LogP contribution is 2.19. The first kappa shape index (κ1) is 19.9. The molecule has 5 nitrogen and oxygen atoms in total. The Morgan fingerprint density at radius 2 is 2.05 bits per heavy atom. The molecule has 126 valence electrons. The second kappa shape index (κ2) is 8.61. The van der Waals surface area contributed by atoms with Gasteiger partial charge in [-0.25, -0.2) is 13.1 Å². The topological polar surface area (TPSA) is 67.4 Å². The van der Waals surface area contributed by atoms with Crippen LogP contribution in [0.1, 0.15) is 18.4 Å². The molecule has 2 N–H and O–H groups in total. The number of hydrogen-bond acceptors (Lipinski definition) is 4. The van der Waals surface area contributed by atoms with Crippen LogP contribution in [0, 0.1) is 0 Å². The van der Waals surface area contributed by atoms with E-state index in [0.717, 1.165) is 29.4 Å². The van der Waals surface area contributed by atoms with Crippen LogP contribution in [0.25, 0.3) is 0 Å². The number of sulfonamides is 1. The van der Waals surface area contributed by atoms with Crippen LogP contribution < -0.4 is 10.0 Å². The molecule has 0 saturated carbocycles. The van der Waals surface area contributed by atoms with Crippen LogP contribution in [0.3, 0.4) is 0 Å². The lowest BCUT2D eigenvalue weighted by molar-refractivity contribution is 0.122. The molecule has 0 amide bonds. The summed E-state index contributed by atoms with van der Waals surface area (Å²) in [6.45, 7) is 1.77. The maximum Gasteiger partial charge on any atom is 0.215 e. The highest BCUT2D eigenvalue weighted by atomic mass is 79.9. The molecule has 0 radical (unpaired) electrons. The van der Waals surface area contributed by atoms with Crippen molar-refractivity contribution in [3.63, 3.8) is 0 Å². The Labute approximate surface area is 146 Å². The first-order valence-electron chi connectivity index (χ1n) is 6.90. The van der Waals surface area contributed by atoms with Gasteiger partial charge >= 0.3 is 0 Å². The molecule has 8 heteroatoms. The molecule has 1 unspecified atom stereocenters. The van der Waals surface area contributed by atoms with E-state index in [4.69, 9.17) is 4.74 Å². The molecular weight excluding hydrogens is 392 g/mol. The predicted octanol–water partition coefficient (Wildman–Crippen LogP) is 2.06. The molecule has 1 aliphatic heterocycles. The molecule has 1 aromatic carbocycles. The summed E-state index contributed by atoms with van der Waals surface area (Å²) in [5, 5.41) is 3.36. The van der Waals surface area contributed by atoms with Crippen LogP contribution in [0.4, 0.5) is 0 Å². The number of rotatable bonds is 7. The third kappa shape index (κ3) is 5.79. The Hall–Kier alpha value is -0.180. The van der Waals surface area contributed by atoms with Gasteiger partial charge in [0.25, 0.3) is 0 Å². The Morgan fingerprint density at radius 3 is 2.59 bits per heavy atom. The molecule has 1 heterocycles. The van der Waals surface area contributed by atoms with Crippen molar-refractivity contribution >= 4 is 38.4 Å². The number of halogens is 2. The van der Waals surface area contributed by atoms with Crippen LogP contribution in [0.5, 0.6) is 0 Å². The molecule has 0 bridgehead atoms. The zero-order chi connectivity index (χ0) is 15.3. The van der Waals surface area contributed by atoms with Crippen molar-refractivity contribution in [2.24, 2.45) is 0 Å². The molecule has 1 atom stereocenters. The largest absolute Gasteiger partial charge is 0.383 e. The summed E-state index contributed by atoms with van der Waals surface area (Å²) in [7, 11) is -1.72. The smallest absolute Gasteiger partial charge is 0.215 e. The van der Waals surface area contributed by atoms with Crippen molar-refractivity contribution < 1.29 is 13.2 Å². The third-order valence-electron chi connectivity index (χ3n) is 3.65. The van der Waals surface area contributed by atoms with Gasteiger partial charge in [0.05, 0.1) is 17.9 Å². The van der Waals surface area contributed by atoms with Gasteiger partial charge in [0.15, 0.2) is 0 Å². The van der Waals surface area contributed by atoms with E-state index in [0.29, 0.717) is 13.2 Å². The summed E-state index contributed by atoms with van der Waals surface area (Å²) in [6.07, 6.45) is 1.96. The Kier molecular flexibility index (Phi) is 7.78. The van der Waals surface area contributed by atoms with Crippen LogP contribution >= 0.6 is 28.3 Å². The summed E-state index contributed by atoms with van der Waals surface area (Å²) in [4.78, 5) is 0. The van der Waals surface area contributed by atoms with E-state index in [1.54, 1.807) is 7.11 Å². The molecule has 2 rings (SSSR count). The van der Waals surface area contributed by atoms with Crippen LogP contribution in [0.2, 0.25) is 0 Å². The number of benzene rings is 1. The Balaban J connectivity index is 0.00000242. The van der Waals surface area contributed by atoms with E-state index >= 15 is 0 Å². The standard InChI is InChI=1S/C14H21BrN2O3S.ClH/c1-20-11-14(7-2-8-16-14)10-17-21(18,19)9-12-3-5-13(15)6-4-12;/h3-6,16-17H,2,7-11H2,1H3;1H. The SMILES string of the molecule is COCC1(CNS(=O)(=O)Cc2ccc(Br)cc2)CCCN1.Cl. The normalized spacial score (nSPS) is 21.5. The van der Waals surface area contributed by atoms with Crippen molar-refractivity contribution in [1.82, 2.24) is 10.0 Å². The zero-order valence-electron chi connectivity index (χ0n) is 12.5. The average Bonchev–Trinajstić information content (AvgIpc) is 2.89. The lowest BCUT2D eigenvalue weighted by Crippen LogP contribution is -2.53. The van der Waals surface area contributed by atoms with Crippen LogP contribution in [-0.4, -0.2) is 40.8 Å². The summed E-state index contributed by atoms with van der Waals surface area (Å²) >= 11 is 3.34. The van der Waals surface area contributed by atoms with Gasteiger partial charge in [0, 0.05) is 18.1 Å². The van der Waals surface area contributed by atoms with E-state index in [2.05, 4.69) is 26.0 Å². The van der Waals surface area contributed by atoms with Gasteiger partial charge < -0.3 is 10.1 Å². The fourth-order valence-corrected chi connectivity index (χ4v) is 4.06. The molecule has 1 aromatic rings. The second-order valence-electron chi connectivity index (χ2n) is 5.45. The molecule has 1 saturated heterocycles. The monoisotopic (exact) mass is 412 g/mol. The molecule has 0 aromatic heterocycles. The second-order valence-corrected chi connectivity index (χ2v) is 8.17. The lowest BCUT2D eigenvalue weighted by Gasteiger charge is -2.28. The average molecular weight is 414 g/mol. The van der Waals surface area contributed by atoms with E-state index in [9.17, 15) is 8.42 Å². The van der Waals surface area contributed by atoms with Gasteiger partial charge in [-0.1, -0.05) is 28.1 Å². The maximum atomic E-state index is 12.2. The highest BCUT2D eigenvalue weighted by Gasteiger charge is 2.34. The van der Waals surface area contributed by atoms with Crippen molar-refractivity contribution in [3.8, 4) is 0 Å². The molecule has 0 aliphatic carbocycles. The van der Waals surface area contributed by atoms with E-state index in [1.807, 2.05) is 24.3 Å². The first-order chi connectivity index (χ1) is 9.95. The quantitative estimate of drug-likeness (QED) is 0.718. The molecule has 0 spiro atoms. The van der Waals surface area contributed by atoms with Gasteiger partial charge in [-0.15, -0.1) is 12.4 Å². The molecule has 1 fully saturated rings. The summed E-state index contributed by atoms with van der Waals surface area (Å²) in [5.41, 5.74) is 0.493. The molecule has 22 heavy (non-hydrogen) atoms. The third-order valence-corrected chi connectivity index (χ3v) is 5.48. The van der Waals surface area contributed by atoms with E-state index in [-0.39, 0.29) is 23.7 Å². The molecular formula is C14H22BrClN2O3S.